The Kier molecular flexibility index (Phi) is 3.70. The van der Waals surface area contributed by atoms with Crippen LogP contribution in [0.5, 0.6) is 0 Å². The topological polar surface area (TPSA) is 58.6 Å². The standard InChI is InChI=1S/C16H24N4O2/c1-11-5-6-14(18-17-11)19-7-12-9-20(10-13(12)8-19)15(21)22-16(2,3)4/h5-6,12-13H,7-10H2,1-4H3/t12-,13-/m0/s1. The van der Waals surface area contributed by atoms with E-state index in [4.69, 9.17) is 4.74 Å². The zero-order valence-corrected chi connectivity index (χ0v) is 13.7. The van der Waals surface area contributed by atoms with Crippen LogP contribution in [-0.4, -0.2) is 53.0 Å². The molecule has 22 heavy (non-hydrogen) atoms. The van der Waals surface area contributed by atoms with E-state index in [0.717, 1.165) is 37.7 Å². The van der Waals surface area contributed by atoms with E-state index in [0.29, 0.717) is 11.8 Å². The minimum Gasteiger partial charge on any atom is -0.444 e. The van der Waals surface area contributed by atoms with Crippen molar-refractivity contribution in [3.05, 3.63) is 17.8 Å². The van der Waals surface area contributed by atoms with Gasteiger partial charge in [0.15, 0.2) is 5.82 Å². The Balaban J connectivity index is 1.58. The van der Waals surface area contributed by atoms with Crippen LogP contribution in [0.25, 0.3) is 0 Å². The number of hydrogen-bond acceptors (Lipinski definition) is 5. The molecule has 0 aliphatic carbocycles. The maximum Gasteiger partial charge on any atom is 0.410 e. The quantitative estimate of drug-likeness (QED) is 0.795. The zero-order valence-electron chi connectivity index (χ0n) is 13.7. The van der Waals surface area contributed by atoms with Crippen molar-refractivity contribution < 1.29 is 9.53 Å². The zero-order chi connectivity index (χ0) is 15.9. The highest BCUT2D eigenvalue weighted by Crippen LogP contribution is 2.33. The van der Waals surface area contributed by atoms with Crippen LogP contribution in [0.1, 0.15) is 26.5 Å². The van der Waals surface area contributed by atoms with Gasteiger partial charge in [-0.15, -0.1) is 5.10 Å². The molecule has 6 nitrogen and oxygen atoms in total. The summed E-state index contributed by atoms with van der Waals surface area (Å²) in [6.07, 6.45) is -0.191. The summed E-state index contributed by atoms with van der Waals surface area (Å²) in [5, 5.41) is 8.39. The van der Waals surface area contributed by atoms with E-state index in [1.807, 2.05) is 44.7 Å². The maximum absolute atomic E-state index is 12.1. The van der Waals surface area contributed by atoms with Crippen molar-refractivity contribution >= 4 is 11.9 Å². The van der Waals surface area contributed by atoms with E-state index in [2.05, 4.69) is 15.1 Å². The Morgan fingerprint density at radius 2 is 1.77 bits per heavy atom. The Morgan fingerprint density at radius 3 is 2.27 bits per heavy atom. The molecular weight excluding hydrogens is 280 g/mol. The normalized spacial score (nSPS) is 24.5. The van der Waals surface area contributed by atoms with Gasteiger partial charge in [-0.25, -0.2) is 4.79 Å². The third-order valence-corrected chi connectivity index (χ3v) is 4.25. The van der Waals surface area contributed by atoms with Gasteiger partial charge in [0, 0.05) is 38.0 Å². The number of carbonyl (C=O) groups excluding carboxylic acids is 1. The van der Waals surface area contributed by atoms with Crippen molar-refractivity contribution in [2.75, 3.05) is 31.1 Å². The van der Waals surface area contributed by atoms with E-state index >= 15 is 0 Å². The Bertz CT molecular complexity index is 538. The van der Waals surface area contributed by atoms with Crippen LogP contribution in [0, 0.1) is 18.8 Å². The summed E-state index contributed by atoms with van der Waals surface area (Å²) >= 11 is 0. The number of ether oxygens (including phenoxy) is 1. The molecule has 0 spiro atoms. The van der Waals surface area contributed by atoms with Crippen molar-refractivity contribution in [2.45, 2.75) is 33.3 Å². The number of likely N-dealkylation sites (tertiary alicyclic amines) is 1. The minimum absolute atomic E-state index is 0.191. The fourth-order valence-electron chi connectivity index (χ4n) is 3.22. The molecule has 2 saturated heterocycles. The molecule has 0 radical (unpaired) electrons. The summed E-state index contributed by atoms with van der Waals surface area (Å²) in [5.41, 5.74) is 0.498. The summed E-state index contributed by atoms with van der Waals surface area (Å²) in [5.74, 6) is 1.93. The number of amides is 1. The third-order valence-electron chi connectivity index (χ3n) is 4.25. The predicted octanol–water partition coefficient (Wildman–Crippen LogP) is 2.09. The second kappa shape index (κ2) is 5.41. The van der Waals surface area contributed by atoms with E-state index in [1.165, 1.54) is 0 Å². The first kappa shape index (κ1) is 15.1. The van der Waals surface area contributed by atoms with E-state index in [1.54, 1.807) is 0 Å². The minimum atomic E-state index is -0.432. The first-order valence-electron chi connectivity index (χ1n) is 7.85. The molecule has 3 rings (SSSR count). The largest absolute Gasteiger partial charge is 0.444 e. The number of fused-ring (bicyclic) bond motifs is 1. The molecular formula is C16H24N4O2. The second-order valence-corrected chi connectivity index (χ2v) is 7.34. The second-order valence-electron chi connectivity index (χ2n) is 7.34. The molecule has 2 atom stereocenters. The van der Waals surface area contributed by atoms with Crippen molar-refractivity contribution in [2.24, 2.45) is 11.8 Å². The fourth-order valence-corrected chi connectivity index (χ4v) is 3.22. The van der Waals surface area contributed by atoms with Gasteiger partial charge in [0.2, 0.25) is 0 Å². The van der Waals surface area contributed by atoms with Crippen molar-refractivity contribution in [3.63, 3.8) is 0 Å². The van der Waals surface area contributed by atoms with Crippen LogP contribution in [0.3, 0.4) is 0 Å². The van der Waals surface area contributed by atoms with Gasteiger partial charge in [-0.3, -0.25) is 0 Å². The van der Waals surface area contributed by atoms with Gasteiger partial charge in [-0.2, -0.15) is 5.10 Å². The first-order chi connectivity index (χ1) is 10.3. The number of hydrogen-bond donors (Lipinski definition) is 0. The highest BCUT2D eigenvalue weighted by atomic mass is 16.6. The molecule has 6 heteroatoms. The summed E-state index contributed by atoms with van der Waals surface area (Å²) in [4.78, 5) is 16.3. The molecule has 1 aromatic rings. The lowest BCUT2D eigenvalue weighted by atomic mass is 10.0. The smallest absolute Gasteiger partial charge is 0.410 e. The Morgan fingerprint density at radius 1 is 1.14 bits per heavy atom. The molecule has 0 N–H and O–H groups in total. The maximum atomic E-state index is 12.1. The molecule has 3 heterocycles. The Labute approximate surface area is 131 Å². The van der Waals surface area contributed by atoms with Gasteiger partial charge in [0.05, 0.1) is 5.69 Å². The number of carbonyl (C=O) groups is 1. The molecule has 0 aromatic carbocycles. The molecule has 1 amide bonds. The van der Waals surface area contributed by atoms with Crippen LogP contribution < -0.4 is 4.90 Å². The summed E-state index contributed by atoms with van der Waals surface area (Å²) in [7, 11) is 0. The van der Waals surface area contributed by atoms with Crippen molar-refractivity contribution in [3.8, 4) is 0 Å². The van der Waals surface area contributed by atoms with Gasteiger partial charge >= 0.3 is 6.09 Å². The van der Waals surface area contributed by atoms with E-state index in [9.17, 15) is 4.79 Å². The average molecular weight is 304 g/mol. The SMILES string of the molecule is Cc1ccc(N2C[C@H]3CN(C(=O)OC(C)(C)C)C[C@@H]3C2)nn1. The number of nitrogens with zero attached hydrogens (tertiary/aromatic N) is 4. The molecule has 2 aliphatic rings. The summed E-state index contributed by atoms with van der Waals surface area (Å²) in [6.45, 7) is 11.1. The van der Waals surface area contributed by atoms with Crippen LogP contribution in [-0.2, 0) is 4.74 Å². The molecule has 1 aromatic heterocycles. The number of aromatic nitrogens is 2. The number of rotatable bonds is 1. The van der Waals surface area contributed by atoms with Crippen molar-refractivity contribution in [1.29, 1.82) is 0 Å². The lowest BCUT2D eigenvalue weighted by Crippen LogP contribution is -2.37. The molecule has 0 unspecified atom stereocenters. The first-order valence-corrected chi connectivity index (χ1v) is 7.85. The van der Waals surface area contributed by atoms with Gasteiger partial charge in [-0.05, 0) is 39.8 Å². The van der Waals surface area contributed by atoms with E-state index in [-0.39, 0.29) is 6.09 Å². The van der Waals surface area contributed by atoms with Crippen molar-refractivity contribution in [1.82, 2.24) is 15.1 Å². The molecule has 120 valence electrons. The lowest BCUT2D eigenvalue weighted by molar-refractivity contribution is 0.0282. The number of anilines is 1. The monoisotopic (exact) mass is 304 g/mol. The molecule has 0 saturated carbocycles. The van der Waals surface area contributed by atoms with Crippen LogP contribution in [0.2, 0.25) is 0 Å². The molecule has 2 fully saturated rings. The summed E-state index contributed by atoms with van der Waals surface area (Å²) < 4.78 is 5.46. The van der Waals surface area contributed by atoms with Gasteiger partial charge in [0.25, 0.3) is 0 Å². The molecule has 2 aliphatic heterocycles. The van der Waals surface area contributed by atoms with Gasteiger partial charge < -0.3 is 14.5 Å². The third kappa shape index (κ3) is 3.15. The molecule has 0 bridgehead atoms. The summed E-state index contributed by atoms with van der Waals surface area (Å²) in [6, 6.07) is 4.01. The Hall–Kier alpha value is -1.85. The fraction of sp³-hybridized carbons (Fsp3) is 0.688. The predicted molar refractivity (Wildman–Crippen MR) is 83.8 cm³/mol. The van der Waals surface area contributed by atoms with Gasteiger partial charge in [-0.1, -0.05) is 0 Å². The van der Waals surface area contributed by atoms with Crippen LogP contribution >= 0.6 is 0 Å². The van der Waals surface area contributed by atoms with E-state index < -0.39 is 5.60 Å². The highest BCUT2D eigenvalue weighted by molar-refractivity contribution is 5.68. The highest BCUT2D eigenvalue weighted by Gasteiger charge is 2.43. The van der Waals surface area contributed by atoms with Crippen LogP contribution in [0.4, 0.5) is 10.6 Å². The van der Waals surface area contributed by atoms with Gasteiger partial charge in [0.1, 0.15) is 5.60 Å². The number of aryl methyl sites for hydroxylation is 1. The average Bonchev–Trinajstić information content (AvgIpc) is 2.95. The van der Waals surface area contributed by atoms with Crippen LogP contribution in [0.15, 0.2) is 12.1 Å². The lowest BCUT2D eigenvalue weighted by Gasteiger charge is -2.26.